The molecule has 172 valence electrons. The predicted molar refractivity (Wildman–Crippen MR) is 136 cm³/mol. The van der Waals surface area contributed by atoms with Crippen molar-refractivity contribution in [2.24, 2.45) is 0 Å². The monoisotopic (exact) mass is 424 g/mol. The molecule has 2 aromatic rings. The smallest absolute Gasteiger partial charge is 0.115 e. The summed E-state index contributed by atoms with van der Waals surface area (Å²) >= 11 is 0. The Kier molecular flexibility index (Phi) is 16.3. The summed E-state index contributed by atoms with van der Waals surface area (Å²) in [5, 5.41) is 17.8. The summed E-state index contributed by atoms with van der Waals surface area (Å²) in [6, 6.07) is 15.9. The fourth-order valence-electron chi connectivity index (χ4n) is 3.38. The number of rotatable bonds is 14. The van der Waals surface area contributed by atoms with Crippen LogP contribution in [0.15, 0.2) is 48.5 Å². The number of hydrogen-bond acceptors (Lipinski definition) is 2. The largest absolute Gasteiger partial charge is 0.508 e. The van der Waals surface area contributed by atoms with Crippen molar-refractivity contribution in [1.29, 1.82) is 0 Å². The molecule has 0 amide bonds. The Labute approximate surface area is 191 Å². The van der Waals surface area contributed by atoms with Gasteiger partial charge >= 0.3 is 0 Å². The number of unbranched alkanes of at least 4 members (excludes halogenated alkanes) is 9. The van der Waals surface area contributed by atoms with Crippen molar-refractivity contribution in [3.8, 4) is 5.75 Å². The minimum absolute atomic E-state index is 0.303. The Hall–Kier alpha value is -2.06. The van der Waals surface area contributed by atoms with Crippen LogP contribution in [0.25, 0.3) is 12.2 Å². The molecule has 0 radical (unpaired) electrons. The van der Waals surface area contributed by atoms with Crippen molar-refractivity contribution in [2.75, 3.05) is 6.61 Å². The number of benzene rings is 2. The number of hydrogen-bond donors (Lipinski definition) is 2. The van der Waals surface area contributed by atoms with Crippen LogP contribution in [0.5, 0.6) is 5.75 Å². The van der Waals surface area contributed by atoms with Gasteiger partial charge in [-0.15, -0.1) is 0 Å². The van der Waals surface area contributed by atoms with E-state index in [1.165, 1.54) is 81.8 Å². The van der Waals surface area contributed by atoms with Gasteiger partial charge in [-0.1, -0.05) is 120 Å². The van der Waals surface area contributed by atoms with Gasteiger partial charge in [-0.05, 0) is 48.1 Å². The molecule has 0 spiro atoms. The first kappa shape index (κ1) is 27.0. The van der Waals surface area contributed by atoms with Gasteiger partial charge in [0, 0.05) is 6.61 Å². The van der Waals surface area contributed by atoms with E-state index in [1.54, 1.807) is 12.1 Å². The second-order valence-corrected chi connectivity index (χ2v) is 8.32. The first-order valence-corrected chi connectivity index (χ1v) is 12.4. The maximum absolute atomic E-state index is 9.22. The van der Waals surface area contributed by atoms with Crippen LogP contribution in [0.1, 0.15) is 101 Å². The lowest BCUT2D eigenvalue weighted by atomic mass is 10.1. The van der Waals surface area contributed by atoms with Gasteiger partial charge in [-0.25, -0.2) is 0 Å². The fourth-order valence-corrected chi connectivity index (χ4v) is 3.38. The Morgan fingerprint density at radius 1 is 0.581 bits per heavy atom. The first-order valence-electron chi connectivity index (χ1n) is 12.4. The third-order valence-corrected chi connectivity index (χ3v) is 5.42. The van der Waals surface area contributed by atoms with Gasteiger partial charge in [0.05, 0.1) is 0 Å². The van der Waals surface area contributed by atoms with Gasteiger partial charge in [0.1, 0.15) is 5.75 Å². The van der Waals surface area contributed by atoms with Crippen LogP contribution in [0.3, 0.4) is 0 Å². The van der Waals surface area contributed by atoms with Gasteiger partial charge in [0.2, 0.25) is 0 Å². The zero-order valence-corrected chi connectivity index (χ0v) is 19.9. The molecule has 0 saturated carbocycles. The van der Waals surface area contributed by atoms with Crippen molar-refractivity contribution in [1.82, 2.24) is 0 Å². The molecule has 2 aromatic carbocycles. The molecule has 0 aliphatic rings. The standard InChI is InChI=1S/C18H20O.C11H24O/c1-2-3-4-15-5-7-16(8-6-15)9-10-17-11-13-18(19)14-12-17;1-2-3-4-5-6-7-8-9-10-11-12/h5-14,19H,2-4H2,1H3;12H,2-11H2,1H3/b10-9+;. The molecule has 0 fully saturated rings. The molecule has 0 unspecified atom stereocenters. The number of aliphatic hydroxyl groups is 1. The van der Waals surface area contributed by atoms with E-state index < -0.39 is 0 Å². The highest BCUT2D eigenvalue weighted by Gasteiger charge is 1.93. The van der Waals surface area contributed by atoms with E-state index in [0.717, 1.165) is 12.0 Å². The van der Waals surface area contributed by atoms with Crippen molar-refractivity contribution in [2.45, 2.75) is 90.9 Å². The van der Waals surface area contributed by atoms with Crippen LogP contribution in [0, 0.1) is 0 Å². The zero-order chi connectivity index (χ0) is 22.6. The minimum atomic E-state index is 0.303. The van der Waals surface area contributed by atoms with E-state index in [2.05, 4.69) is 50.3 Å². The van der Waals surface area contributed by atoms with Crippen molar-refractivity contribution in [3.63, 3.8) is 0 Å². The minimum Gasteiger partial charge on any atom is -0.508 e. The summed E-state index contributed by atoms with van der Waals surface area (Å²) in [6.07, 6.45) is 19.6. The molecule has 0 aliphatic carbocycles. The Balaban J connectivity index is 0.000000348. The zero-order valence-electron chi connectivity index (χ0n) is 19.9. The molecule has 0 aliphatic heterocycles. The van der Waals surface area contributed by atoms with Crippen LogP contribution < -0.4 is 0 Å². The molecule has 31 heavy (non-hydrogen) atoms. The van der Waals surface area contributed by atoms with Gasteiger partial charge < -0.3 is 10.2 Å². The maximum Gasteiger partial charge on any atom is 0.115 e. The van der Waals surface area contributed by atoms with Gasteiger partial charge in [0.15, 0.2) is 0 Å². The number of phenols is 1. The lowest BCUT2D eigenvalue weighted by Crippen LogP contribution is -1.84. The molecule has 2 rings (SSSR count). The normalized spacial score (nSPS) is 10.8. The molecule has 2 N–H and O–H groups in total. The topological polar surface area (TPSA) is 40.5 Å². The Bertz CT molecular complexity index is 661. The second-order valence-electron chi connectivity index (χ2n) is 8.32. The van der Waals surface area contributed by atoms with Gasteiger partial charge in [-0.2, -0.15) is 0 Å². The molecule has 2 nitrogen and oxygen atoms in total. The number of phenolic OH excluding ortho intramolecular Hbond substituents is 1. The van der Waals surface area contributed by atoms with E-state index in [4.69, 9.17) is 5.11 Å². The second kappa shape index (κ2) is 18.7. The van der Waals surface area contributed by atoms with Gasteiger partial charge in [-0.3, -0.25) is 0 Å². The summed E-state index contributed by atoms with van der Waals surface area (Å²) in [5.74, 6) is 0.303. The highest BCUT2D eigenvalue weighted by Crippen LogP contribution is 2.14. The Morgan fingerprint density at radius 2 is 1.03 bits per heavy atom. The van der Waals surface area contributed by atoms with E-state index in [1.807, 2.05) is 12.1 Å². The SMILES string of the molecule is CCCCCCCCCCCO.CCCCc1ccc(/C=C/c2ccc(O)cc2)cc1. The summed E-state index contributed by atoms with van der Waals surface area (Å²) in [7, 11) is 0. The fraction of sp³-hybridized carbons (Fsp3) is 0.517. The molecule has 0 saturated heterocycles. The van der Waals surface area contributed by atoms with Crippen LogP contribution >= 0.6 is 0 Å². The van der Waals surface area contributed by atoms with Crippen LogP contribution in [0.2, 0.25) is 0 Å². The van der Waals surface area contributed by atoms with Crippen molar-refractivity contribution in [3.05, 3.63) is 65.2 Å². The van der Waals surface area contributed by atoms with E-state index in [0.29, 0.717) is 12.4 Å². The molecule has 0 aromatic heterocycles. The lowest BCUT2D eigenvalue weighted by Gasteiger charge is -2.00. The molecule has 0 atom stereocenters. The molecule has 0 bridgehead atoms. The molecule has 2 heteroatoms. The van der Waals surface area contributed by atoms with Crippen LogP contribution in [-0.2, 0) is 6.42 Å². The third-order valence-electron chi connectivity index (χ3n) is 5.42. The first-order chi connectivity index (χ1) is 15.2. The number of aryl methyl sites for hydroxylation is 1. The number of aliphatic hydroxyl groups excluding tert-OH is 1. The summed E-state index contributed by atoms with van der Waals surface area (Å²) in [5.41, 5.74) is 3.70. The highest BCUT2D eigenvalue weighted by molar-refractivity contribution is 5.69. The predicted octanol–water partition coefficient (Wildman–Crippen LogP) is 8.41. The average molecular weight is 425 g/mol. The summed E-state index contributed by atoms with van der Waals surface area (Å²) < 4.78 is 0. The van der Waals surface area contributed by atoms with E-state index in [9.17, 15) is 5.11 Å². The maximum atomic E-state index is 9.22. The quantitative estimate of drug-likeness (QED) is 0.236. The number of aromatic hydroxyl groups is 1. The lowest BCUT2D eigenvalue weighted by molar-refractivity contribution is 0.282. The van der Waals surface area contributed by atoms with E-state index >= 15 is 0 Å². The molecular formula is C29H44O2. The van der Waals surface area contributed by atoms with Crippen molar-refractivity contribution >= 4 is 12.2 Å². The van der Waals surface area contributed by atoms with Crippen molar-refractivity contribution < 1.29 is 10.2 Å². The van der Waals surface area contributed by atoms with Crippen LogP contribution in [-0.4, -0.2) is 16.8 Å². The van der Waals surface area contributed by atoms with Gasteiger partial charge in [0.25, 0.3) is 0 Å². The van der Waals surface area contributed by atoms with E-state index in [-0.39, 0.29) is 0 Å². The molecule has 0 heterocycles. The summed E-state index contributed by atoms with van der Waals surface area (Å²) in [4.78, 5) is 0. The molecular weight excluding hydrogens is 380 g/mol. The Morgan fingerprint density at radius 3 is 1.52 bits per heavy atom. The highest BCUT2D eigenvalue weighted by atomic mass is 16.3. The summed E-state index contributed by atoms with van der Waals surface area (Å²) in [6.45, 7) is 4.84. The van der Waals surface area contributed by atoms with Crippen LogP contribution in [0.4, 0.5) is 0 Å². The average Bonchev–Trinajstić information content (AvgIpc) is 2.80. The third kappa shape index (κ3) is 14.6.